The van der Waals surface area contributed by atoms with Crippen molar-refractivity contribution in [1.82, 2.24) is 9.97 Å². The molecule has 7 nitrogen and oxygen atoms in total. The Labute approximate surface area is 201 Å². The number of carbonyl (C=O) groups excluding carboxylic acids is 1. The standard InChI is InChI=1S/C28H21N5O2/c1-18-11-14-22(33-35)17-25(18)30-27(34)20-12-15-21(16-13-20)29-28-31-24-10-6-5-9-23(24)26(32-28)19-7-3-2-4-8-19/h2-17H,1H3,(H,30,34)(H,29,31,32). The van der Waals surface area contributed by atoms with Gasteiger partial charge in [-0.25, -0.2) is 9.97 Å². The highest BCUT2D eigenvalue weighted by Crippen LogP contribution is 2.28. The van der Waals surface area contributed by atoms with E-state index in [4.69, 9.17) is 4.98 Å². The first kappa shape index (κ1) is 21.9. The van der Waals surface area contributed by atoms with Gasteiger partial charge in [-0.15, -0.1) is 4.91 Å². The van der Waals surface area contributed by atoms with Gasteiger partial charge in [-0.3, -0.25) is 4.79 Å². The number of benzene rings is 4. The van der Waals surface area contributed by atoms with Crippen LogP contribution in [-0.4, -0.2) is 15.9 Å². The lowest BCUT2D eigenvalue weighted by atomic mass is 10.1. The summed E-state index contributed by atoms with van der Waals surface area (Å²) in [4.78, 5) is 33.0. The number of para-hydroxylation sites is 1. The SMILES string of the molecule is Cc1ccc(N=O)cc1NC(=O)c1ccc(Nc2nc(-c3ccccc3)c3ccccc3n2)cc1. The molecule has 0 aliphatic heterocycles. The minimum absolute atomic E-state index is 0.260. The number of anilines is 3. The van der Waals surface area contributed by atoms with Gasteiger partial charge in [-0.2, -0.15) is 0 Å². The molecule has 4 aromatic carbocycles. The number of aromatic nitrogens is 2. The summed E-state index contributed by atoms with van der Waals surface area (Å²) in [7, 11) is 0. The molecule has 0 atom stereocenters. The van der Waals surface area contributed by atoms with Crippen molar-refractivity contribution in [2.45, 2.75) is 6.92 Å². The molecule has 0 radical (unpaired) electrons. The average molecular weight is 460 g/mol. The fourth-order valence-electron chi connectivity index (χ4n) is 3.78. The topological polar surface area (TPSA) is 96.3 Å². The third-order valence-corrected chi connectivity index (χ3v) is 5.63. The summed E-state index contributed by atoms with van der Waals surface area (Å²) in [6, 6.07) is 29.8. The summed E-state index contributed by atoms with van der Waals surface area (Å²) in [5.41, 5.74) is 5.56. The van der Waals surface area contributed by atoms with Crippen molar-refractivity contribution >= 4 is 39.8 Å². The molecule has 5 rings (SSSR count). The number of hydrogen-bond donors (Lipinski definition) is 2. The zero-order valence-corrected chi connectivity index (χ0v) is 18.9. The monoisotopic (exact) mass is 459 g/mol. The molecular weight excluding hydrogens is 438 g/mol. The van der Waals surface area contributed by atoms with E-state index in [2.05, 4.69) is 20.8 Å². The van der Waals surface area contributed by atoms with Gasteiger partial charge in [0.25, 0.3) is 5.91 Å². The molecule has 0 spiro atoms. The first-order valence-electron chi connectivity index (χ1n) is 11.1. The van der Waals surface area contributed by atoms with E-state index < -0.39 is 0 Å². The molecule has 0 aliphatic rings. The molecule has 1 aromatic heterocycles. The molecule has 1 heterocycles. The van der Waals surface area contributed by atoms with Gasteiger partial charge in [0.1, 0.15) is 5.69 Å². The molecule has 0 unspecified atom stereocenters. The molecule has 170 valence electrons. The highest BCUT2D eigenvalue weighted by atomic mass is 16.3. The Morgan fingerprint density at radius 3 is 2.34 bits per heavy atom. The minimum atomic E-state index is -0.281. The number of nitrogens with zero attached hydrogens (tertiary/aromatic N) is 3. The summed E-state index contributed by atoms with van der Waals surface area (Å²) < 4.78 is 0. The van der Waals surface area contributed by atoms with E-state index >= 15 is 0 Å². The fourth-order valence-corrected chi connectivity index (χ4v) is 3.78. The zero-order valence-electron chi connectivity index (χ0n) is 18.9. The molecule has 35 heavy (non-hydrogen) atoms. The van der Waals surface area contributed by atoms with Gasteiger partial charge in [0.05, 0.1) is 11.2 Å². The predicted molar refractivity (Wildman–Crippen MR) is 139 cm³/mol. The quantitative estimate of drug-likeness (QED) is 0.267. The second-order valence-corrected chi connectivity index (χ2v) is 8.03. The van der Waals surface area contributed by atoms with E-state index in [1.54, 1.807) is 42.5 Å². The lowest BCUT2D eigenvalue weighted by molar-refractivity contribution is 0.102. The maximum absolute atomic E-state index is 12.7. The molecular formula is C28H21N5O2. The maximum Gasteiger partial charge on any atom is 0.255 e. The van der Waals surface area contributed by atoms with Crippen molar-refractivity contribution in [3.63, 3.8) is 0 Å². The Kier molecular flexibility index (Phi) is 5.96. The third-order valence-electron chi connectivity index (χ3n) is 5.63. The maximum atomic E-state index is 12.7. The van der Waals surface area contributed by atoms with Gasteiger partial charge < -0.3 is 10.6 Å². The van der Waals surface area contributed by atoms with Crippen LogP contribution in [0.5, 0.6) is 0 Å². The first-order valence-corrected chi connectivity index (χ1v) is 11.1. The number of fused-ring (bicyclic) bond motifs is 1. The largest absolute Gasteiger partial charge is 0.324 e. The van der Waals surface area contributed by atoms with Gasteiger partial charge >= 0.3 is 0 Å². The molecule has 0 aliphatic carbocycles. The highest BCUT2D eigenvalue weighted by molar-refractivity contribution is 6.05. The Hall–Kier alpha value is -4.91. The number of nitroso groups, excluding NO2 is 1. The van der Waals surface area contributed by atoms with E-state index in [9.17, 15) is 9.70 Å². The number of nitrogens with one attached hydrogen (secondary N) is 2. The van der Waals surface area contributed by atoms with Crippen LogP contribution in [0.1, 0.15) is 15.9 Å². The summed E-state index contributed by atoms with van der Waals surface area (Å²) in [6.45, 7) is 1.85. The summed E-state index contributed by atoms with van der Waals surface area (Å²) in [5.74, 6) is 0.185. The van der Waals surface area contributed by atoms with E-state index in [1.807, 2.05) is 61.5 Å². The van der Waals surface area contributed by atoms with E-state index in [0.717, 1.165) is 33.4 Å². The third kappa shape index (κ3) is 4.74. The van der Waals surface area contributed by atoms with Crippen molar-refractivity contribution in [3.8, 4) is 11.3 Å². The van der Waals surface area contributed by atoms with Crippen LogP contribution < -0.4 is 10.6 Å². The number of rotatable bonds is 6. The smallest absolute Gasteiger partial charge is 0.255 e. The van der Waals surface area contributed by atoms with Crippen LogP contribution in [0.15, 0.2) is 102 Å². The Balaban J connectivity index is 1.38. The van der Waals surface area contributed by atoms with Gasteiger partial charge in [0.2, 0.25) is 5.95 Å². The molecule has 5 aromatic rings. The molecule has 0 saturated heterocycles. The number of aryl methyl sites for hydroxylation is 1. The predicted octanol–water partition coefficient (Wildman–Crippen LogP) is 7.00. The Morgan fingerprint density at radius 1 is 0.829 bits per heavy atom. The van der Waals surface area contributed by atoms with Crippen molar-refractivity contribution in [1.29, 1.82) is 0 Å². The molecule has 7 heteroatoms. The van der Waals surface area contributed by atoms with Crippen molar-refractivity contribution < 1.29 is 4.79 Å². The normalized spacial score (nSPS) is 10.7. The van der Waals surface area contributed by atoms with Crippen LogP contribution in [0.4, 0.5) is 23.0 Å². The summed E-state index contributed by atoms with van der Waals surface area (Å²) in [5, 5.41) is 9.98. The van der Waals surface area contributed by atoms with Crippen LogP contribution in [0.25, 0.3) is 22.2 Å². The van der Waals surface area contributed by atoms with Gasteiger partial charge in [-0.1, -0.05) is 54.6 Å². The Morgan fingerprint density at radius 2 is 1.57 bits per heavy atom. The number of hydrogen-bond acceptors (Lipinski definition) is 6. The Bertz CT molecular complexity index is 1530. The van der Waals surface area contributed by atoms with Gasteiger partial charge in [0.15, 0.2) is 0 Å². The van der Waals surface area contributed by atoms with Crippen molar-refractivity contribution in [2.75, 3.05) is 10.6 Å². The van der Waals surface area contributed by atoms with Crippen molar-refractivity contribution in [2.24, 2.45) is 5.18 Å². The van der Waals surface area contributed by atoms with Gasteiger partial charge in [-0.05, 0) is 60.1 Å². The highest BCUT2D eigenvalue weighted by Gasteiger charge is 2.12. The van der Waals surface area contributed by atoms with Gasteiger partial charge in [0, 0.05) is 27.9 Å². The average Bonchev–Trinajstić information content (AvgIpc) is 2.90. The lowest BCUT2D eigenvalue weighted by Gasteiger charge is -2.11. The molecule has 1 amide bonds. The van der Waals surface area contributed by atoms with Crippen LogP contribution in [-0.2, 0) is 0 Å². The summed E-state index contributed by atoms with van der Waals surface area (Å²) >= 11 is 0. The molecule has 0 fully saturated rings. The van der Waals surface area contributed by atoms with Crippen LogP contribution in [0.3, 0.4) is 0 Å². The first-order chi connectivity index (χ1) is 17.1. The molecule has 2 N–H and O–H groups in total. The number of amides is 1. The van der Waals surface area contributed by atoms with Crippen LogP contribution >= 0.6 is 0 Å². The summed E-state index contributed by atoms with van der Waals surface area (Å²) in [6.07, 6.45) is 0. The fraction of sp³-hybridized carbons (Fsp3) is 0.0357. The number of carbonyl (C=O) groups is 1. The molecule has 0 bridgehead atoms. The zero-order chi connectivity index (χ0) is 24.2. The van der Waals surface area contributed by atoms with E-state index in [1.165, 1.54) is 0 Å². The lowest BCUT2D eigenvalue weighted by Crippen LogP contribution is -2.12. The second kappa shape index (κ2) is 9.52. The van der Waals surface area contributed by atoms with E-state index in [0.29, 0.717) is 17.2 Å². The molecule has 0 saturated carbocycles. The van der Waals surface area contributed by atoms with Crippen LogP contribution in [0.2, 0.25) is 0 Å². The van der Waals surface area contributed by atoms with Crippen LogP contribution in [0, 0.1) is 11.8 Å². The van der Waals surface area contributed by atoms with Crippen molar-refractivity contribution in [3.05, 3.63) is 113 Å². The second-order valence-electron chi connectivity index (χ2n) is 8.03. The minimum Gasteiger partial charge on any atom is -0.324 e. The van der Waals surface area contributed by atoms with E-state index in [-0.39, 0.29) is 11.6 Å².